The quantitative estimate of drug-likeness (QED) is 0.823. The van der Waals surface area contributed by atoms with Gasteiger partial charge in [-0.3, -0.25) is 0 Å². The number of aromatic nitrogens is 3. The van der Waals surface area contributed by atoms with E-state index in [-0.39, 0.29) is 0 Å². The number of hydrogen-bond donors (Lipinski definition) is 1. The van der Waals surface area contributed by atoms with Crippen molar-refractivity contribution < 1.29 is 4.74 Å². The van der Waals surface area contributed by atoms with Crippen LogP contribution in [0, 0.1) is 0 Å². The molecule has 2 N–H and O–H groups in total. The summed E-state index contributed by atoms with van der Waals surface area (Å²) >= 11 is 0. The molecule has 0 spiro atoms. The van der Waals surface area contributed by atoms with Gasteiger partial charge in [0, 0.05) is 12.5 Å². The first kappa shape index (κ1) is 10.6. The molecule has 2 rings (SSSR count). The molecule has 2 aromatic rings. The fraction of sp³-hybridized carbons (Fsp3) is 0.273. The summed E-state index contributed by atoms with van der Waals surface area (Å²) in [6.45, 7) is 0.581. The summed E-state index contributed by atoms with van der Waals surface area (Å²) in [6, 6.07) is 7.68. The van der Waals surface area contributed by atoms with Crippen molar-refractivity contribution in [2.75, 3.05) is 13.7 Å². The van der Waals surface area contributed by atoms with Gasteiger partial charge in [-0.05, 0) is 18.7 Å². The maximum absolute atomic E-state index is 5.53. The van der Waals surface area contributed by atoms with Crippen molar-refractivity contribution in [2.45, 2.75) is 6.42 Å². The van der Waals surface area contributed by atoms with Crippen LogP contribution >= 0.6 is 0 Å². The predicted molar refractivity (Wildman–Crippen MR) is 60.7 cm³/mol. The molecule has 0 saturated carbocycles. The number of nitrogens with two attached hydrogens (primary N) is 1. The number of nitrogens with zero attached hydrogens (tertiary/aromatic N) is 3. The molecule has 1 aromatic heterocycles. The largest absolute Gasteiger partial charge is 0.497 e. The average Bonchev–Trinajstić information content (AvgIpc) is 2.78. The zero-order valence-corrected chi connectivity index (χ0v) is 9.13. The lowest BCUT2D eigenvalue weighted by Crippen LogP contribution is -2.08. The lowest BCUT2D eigenvalue weighted by Gasteiger charge is -2.06. The Hall–Kier alpha value is -1.88. The molecule has 0 radical (unpaired) electrons. The molecule has 1 heterocycles. The third kappa shape index (κ3) is 2.04. The van der Waals surface area contributed by atoms with E-state index in [2.05, 4.69) is 10.3 Å². The zero-order chi connectivity index (χ0) is 11.4. The first-order valence-corrected chi connectivity index (χ1v) is 5.09. The number of ether oxygens (including phenoxy) is 1. The van der Waals surface area contributed by atoms with Crippen molar-refractivity contribution >= 4 is 0 Å². The Labute approximate surface area is 93.8 Å². The van der Waals surface area contributed by atoms with Crippen LogP contribution in [0.4, 0.5) is 0 Å². The van der Waals surface area contributed by atoms with Gasteiger partial charge < -0.3 is 10.5 Å². The number of hydrogen-bond acceptors (Lipinski definition) is 4. The van der Waals surface area contributed by atoms with Gasteiger partial charge in [0.1, 0.15) is 5.75 Å². The Morgan fingerprint density at radius 1 is 1.44 bits per heavy atom. The highest BCUT2D eigenvalue weighted by atomic mass is 16.5. The second-order valence-corrected chi connectivity index (χ2v) is 3.38. The van der Waals surface area contributed by atoms with Crippen LogP contribution in [-0.2, 0) is 6.42 Å². The predicted octanol–water partition coefficient (Wildman–Crippen LogP) is 0.777. The van der Waals surface area contributed by atoms with Gasteiger partial charge in [0.25, 0.3) is 0 Å². The molecule has 0 saturated heterocycles. The minimum atomic E-state index is 0.581. The average molecular weight is 218 g/mol. The Balaban J connectivity index is 2.37. The molecule has 0 atom stereocenters. The molecule has 84 valence electrons. The Morgan fingerprint density at radius 2 is 2.31 bits per heavy atom. The minimum absolute atomic E-state index is 0.581. The second-order valence-electron chi connectivity index (χ2n) is 3.38. The van der Waals surface area contributed by atoms with Crippen LogP contribution in [0.1, 0.15) is 5.69 Å². The third-order valence-corrected chi connectivity index (χ3v) is 2.32. The van der Waals surface area contributed by atoms with Crippen molar-refractivity contribution in [3.63, 3.8) is 0 Å². The van der Waals surface area contributed by atoms with E-state index < -0.39 is 0 Å². The molecule has 1 aromatic carbocycles. The summed E-state index contributed by atoms with van der Waals surface area (Å²) in [4.78, 5) is 0. The van der Waals surface area contributed by atoms with E-state index in [0.717, 1.165) is 23.6 Å². The lowest BCUT2D eigenvalue weighted by molar-refractivity contribution is 0.414. The van der Waals surface area contributed by atoms with Crippen molar-refractivity contribution in [2.24, 2.45) is 5.73 Å². The second kappa shape index (κ2) is 4.76. The van der Waals surface area contributed by atoms with Gasteiger partial charge in [-0.25, -0.2) is 4.68 Å². The fourth-order valence-electron chi connectivity index (χ4n) is 1.53. The van der Waals surface area contributed by atoms with Crippen molar-refractivity contribution in [3.05, 3.63) is 36.2 Å². The van der Waals surface area contributed by atoms with E-state index in [1.807, 2.05) is 24.3 Å². The van der Waals surface area contributed by atoms with Gasteiger partial charge in [-0.1, -0.05) is 11.3 Å². The minimum Gasteiger partial charge on any atom is -0.497 e. The highest BCUT2D eigenvalue weighted by Crippen LogP contribution is 2.16. The molecular formula is C11H14N4O. The van der Waals surface area contributed by atoms with E-state index in [0.29, 0.717) is 6.54 Å². The first-order valence-electron chi connectivity index (χ1n) is 5.09. The normalized spacial score (nSPS) is 10.4. The van der Waals surface area contributed by atoms with Gasteiger partial charge in [0.2, 0.25) is 0 Å². The van der Waals surface area contributed by atoms with Crippen LogP contribution in [0.5, 0.6) is 5.75 Å². The smallest absolute Gasteiger partial charge is 0.121 e. The standard InChI is InChI=1S/C11H14N4O/c1-16-11-4-2-3-9(7-11)15-10(5-6-12)8-13-14-15/h2-4,7-8H,5-6,12H2,1H3. The molecule has 16 heavy (non-hydrogen) atoms. The Morgan fingerprint density at radius 3 is 3.06 bits per heavy atom. The molecule has 5 nitrogen and oxygen atoms in total. The molecule has 0 fully saturated rings. The topological polar surface area (TPSA) is 66.0 Å². The molecule has 0 aliphatic rings. The highest BCUT2D eigenvalue weighted by Gasteiger charge is 2.05. The van der Waals surface area contributed by atoms with Crippen molar-refractivity contribution in [1.82, 2.24) is 15.0 Å². The van der Waals surface area contributed by atoms with E-state index in [9.17, 15) is 0 Å². The Bertz CT molecular complexity index is 467. The molecule has 0 aliphatic carbocycles. The van der Waals surface area contributed by atoms with Crippen LogP contribution in [0.15, 0.2) is 30.5 Å². The third-order valence-electron chi connectivity index (χ3n) is 2.32. The van der Waals surface area contributed by atoms with E-state index in [1.165, 1.54) is 0 Å². The van der Waals surface area contributed by atoms with Crippen molar-refractivity contribution in [3.8, 4) is 11.4 Å². The van der Waals surface area contributed by atoms with E-state index >= 15 is 0 Å². The fourth-order valence-corrected chi connectivity index (χ4v) is 1.53. The highest BCUT2D eigenvalue weighted by molar-refractivity contribution is 5.39. The molecule has 0 unspecified atom stereocenters. The summed E-state index contributed by atoms with van der Waals surface area (Å²) in [5, 5.41) is 7.93. The molecular weight excluding hydrogens is 204 g/mol. The number of methoxy groups -OCH3 is 1. The zero-order valence-electron chi connectivity index (χ0n) is 9.13. The summed E-state index contributed by atoms with van der Waals surface area (Å²) in [7, 11) is 1.64. The Kier molecular flexibility index (Phi) is 3.16. The summed E-state index contributed by atoms with van der Waals surface area (Å²) in [5.74, 6) is 0.798. The molecule has 5 heteroatoms. The molecule has 0 bridgehead atoms. The van der Waals surface area contributed by atoms with Gasteiger partial charge in [0.05, 0.1) is 24.7 Å². The van der Waals surface area contributed by atoms with Crippen LogP contribution in [0.2, 0.25) is 0 Å². The monoisotopic (exact) mass is 218 g/mol. The van der Waals surface area contributed by atoms with Gasteiger partial charge >= 0.3 is 0 Å². The van der Waals surface area contributed by atoms with Gasteiger partial charge in [-0.2, -0.15) is 0 Å². The van der Waals surface area contributed by atoms with E-state index in [1.54, 1.807) is 18.0 Å². The SMILES string of the molecule is COc1cccc(-n2nncc2CCN)c1. The van der Waals surface area contributed by atoms with Crippen LogP contribution in [0.3, 0.4) is 0 Å². The summed E-state index contributed by atoms with van der Waals surface area (Å²) in [6.07, 6.45) is 2.48. The first-order chi connectivity index (χ1) is 7.85. The van der Waals surface area contributed by atoms with Crippen LogP contribution < -0.4 is 10.5 Å². The van der Waals surface area contributed by atoms with Crippen LogP contribution in [0.25, 0.3) is 5.69 Å². The number of benzene rings is 1. The maximum atomic E-state index is 5.53. The summed E-state index contributed by atoms with van der Waals surface area (Å²) in [5.41, 5.74) is 7.46. The molecule has 0 aliphatic heterocycles. The van der Waals surface area contributed by atoms with E-state index in [4.69, 9.17) is 10.5 Å². The van der Waals surface area contributed by atoms with Gasteiger partial charge in [-0.15, -0.1) is 5.10 Å². The van der Waals surface area contributed by atoms with Crippen LogP contribution in [-0.4, -0.2) is 28.6 Å². The van der Waals surface area contributed by atoms with Crippen molar-refractivity contribution in [1.29, 1.82) is 0 Å². The van der Waals surface area contributed by atoms with Gasteiger partial charge in [0.15, 0.2) is 0 Å². The summed E-state index contributed by atoms with van der Waals surface area (Å²) < 4.78 is 6.94. The number of rotatable bonds is 4. The maximum Gasteiger partial charge on any atom is 0.121 e. The lowest BCUT2D eigenvalue weighted by atomic mass is 10.2. The molecule has 0 amide bonds.